The van der Waals surface area contributed by atoms with Gasteiger partial charge >= 0.3 is 0 Å². The molecule has 0 aromatic carbocycles. The fourth-order valence-electron chi connectivity index (χ4n) is 2.77. The van der Waals surface area contributed by atoms with Gasteiger partial charge in [-0.15, -0.1) is 0 Å². The van der Waals surface area contributed by atoms with Gasteiger partial charge in [0.2, 0.25) is 0 Å². The molecule has 0 saturated carbocycles. The molecule has 6 heteroatoms. The van der Waals surface area contributed by atoms with Gasteiger partial charge in [-0.1, -0.05) is 12.1 Å². The number of piperidine rings is 1. The van der Waals surface area contributed by atoms with Crippen molar-refractivity contribution in [1.29, 1.82) is 0 Å². The van der Waals surface area contributed by atoms with Crippen molar-refractivity contribution in [2.45, 2.75) is 45.6 Å². The second-order valence-electron chi connectivity index (χ2n) is 5.49. The Balaban J connectivity index is 1.63. The molecule has 6 nitrogen and oxygen atoms in total. The molecule has 1 unspecified atom stereocenters. The Bertz CT molecular complexity index is 561. The summed E-state index contributed by atoms with van der Waals surface area (Å²) in [6, 6.07) is 2.06. The third-order valence-corrected chi connectivity index (χ3v) is 3.83. The van der Waals surface area contributed by atoms with Crippen LogP contribution in [0.25, 0.3) is 0 Å². The summed E-state index contributed by atoms with van der Waals surface area (Å²) >= 11 is 0. The first kappa shape index (κ1) is 13.3. The quantitative estimate of drug-likeness (QED) is 0.924. The number of hydrogen-bond acceptors (Lipinski definition) is 5. The van der Waals surface area contributed by atoms with E-state index in [0.29, 0.717) is 5.92 Å². The summed E-state index contributed by atoms with van der Waals surface area (Å²) in [5.41, 5.74) is 1.03. The summed E-state index contributed by atoms with van der Waals surface area (Å²) in [6.45, 7) is 6.94. The van der Waals surface area contributed by atoms with Crippen LogP contribution in [-0.4, -0.2) is 38.3 Å². The predicted molar refractivity (Wildman–Crippen MR) is 74.3 cm³/mol. The minimum Gasteiger partial charge on any atom is -0.360 e. The fraction of sp³-hybridized carbons (Fsp3) is 0.643. The molecule has 1 fully saturated rings. The van der Waals surface area contributed by atoms with Gasteiger partial charge in [-0.2, -0.15) is 5.10 Å². The van der Waals surface area contributed by atoms with Crippen molar-refractivity contribution in [2.75, 3.05) is 13.1 Å². The number of aromatic amines is 1. The average molecular weight is 275 g/mol. The van der Waals surface area contributed by atoms with Crippen molar-refractivity contribution >= 4 is 0 Å². The Morgan fingerprint density at radius 3 is 3.10 bits per heavy atom. The van der Waals surface area contributed by atoms with Crippen molar-refractivity contribution in [2.24, 2.45) is 0 Å². The summed E-state index contributed by atoms with van der Waals surface area (Å²) in [5, 5.41) is 11.3. The molecule has 3 rings (SSSR count). The van der Waals surface area contributed by atoms with Crippen molar-refractivity contribution in [3.63, 3.8) is 0 Å². The monoisotopic (exact) mass is 275 g/mol. The smallest absolute Gasteiger partial charge is 0.155 e. The van der Waals surface area contributed by atoms with Crippen LogP contribution >= 0.6 is 0 Å². The molecule has 1 atom stereocenters. The standard InChI is InChI=1S/C14H21N5O/c1-3-12-7-13(20-18-12)9-19-6-4-5-11(8-19)14-15-10(2)16-17-14/h7,11H,3-6,8-9H2,1-2H3,(H,15,16,17). The van der Waals surface area contributed by atoms with Crippen LogP contribution in [0.1, 0.15) is 48.8 Å². The Morgan fingerprint density at radius 2 is 2.40 bits per heavy atom. The molecule has 0 aliphatic carbocycles. The summed E-state index contributed by atoms with van der Waals surface area (Å²) in [6.07, 6.45) is 3.25. The average Bonchev–Trinajstić information content (AvgIpc) is 3.08. The summed E-state index contributed by atoms with van der Waals surface area (Å²) in [7, 11) is 0. The van der Waals surface area contributed by atoms with Gasteiger partial charge in [0.15, 0.2) is 11.6 Å². The molecule has 0 spiro atoms. The van der Waals surface area contributed by atoms with Crippen LogP contribution in [0.4, 0.5) is 0 Å². The normalized spacial score (nSPS) is 20.4. The molecule has 20 heavy (non-hydrogen) atoms. The van der Waals surface area contributed by atoms with E-state index in [2.05, 4.69) is 38.2 Å². The minimum atomic E-state index is 0.419. The van der Waals surface area contributed by atoms with Crippen molar-refractivity contribution in [1.82, 2.24) is 25.2 Å². The molecule has 0 amide bonds. The maximum atomic E-state index is 5.37. The van der Waals surface area contributed by atoms with E-state index in [1.807, 2.05) is 6.92 Å². The first-order valence-electron chi connectivity index (χ1n) is 7.30. The van der Waals surface area contributed by atoms with Crippen LogP contribution in [0.5, 0.6) is 0 Å². The second kappa shape index (κ2) is 5.75. The largest absolute Gasteiger partial charge is 0.360 e. The van der Waals surface area contributed by atoms with E-state index < -0.39 is 0 Å². The Labute approximate surface area is 118 Å². The number of hydrogen-bond donors (Lipinski definition) is 1. The Hall–Kier alpha value is -1.69. The van der Waals surface area contributed by atoms with Gasteiger partial charge in [0, 0.05) is 18.5 Å². The first-order valence-corrected chi connectivity index (χ1v) is 7.30. The molecule has 0 bridgehead atoms. The maximum Gasteiger partial charge on any atom is 0.155 e. The maximum absolute atomic E-state index is 5.37. The molecule has 0 radical (unpaired) electrons. The van der Waals surface area contributed by atoms with Gasteiger partial charge in [0.05, 0.1) is 12.2 Å². The zero-order valence-corrected chi connectivity index (χ0v) is 12.1. The number of nitrogens with one attached hydrogen (secondary N) is 1. The molecule has 108 valence electrons. The van der Waals surface area contributed by atoms with E-state index >= 15 is 0 Å². The number of nitrogens with zero attached hydrogens (tertiary/aromatic N) is 4. The van der Waals surface area contributed by atoms with Crippen LogP contribution in [0.3, 0.4) is 0 Å². The van der Waals surface area contributed by atoms with E-state index in [-0.39, 0.29) is 0 Å². The van der Waals surface area contributed by atoms with Gasteiger partial charge in [0.25, 0.3) is 0 Å². The number of aryl methyl sites for hydroxylation is 2. The van der Waals surface area contributed by atoms with E-state index in [1.54, 1.807) is 0 Å². The summed E-state index contributed by atoms with van der Waals surface area (Å²) in [4.78, 5) is 6.87. The van der Waals surface area contributed by atoms with Crippen molar-refractivity contribution < 1.29 is 4.52 Å². The number of likely N-dealkylation sites (tertiary alicyclic amines) is 1. The zero-order chi connectivity index (χ0) is 13.9. The van der Waals surface area contributed by atoms with Gasteiger partial charge in [-0.3, -0.25) is 10.00 Å². The Morgan fingerprint density at radius 1 is 1.50 bits per heavy atom. The summed E-state index contributed by atoms with van der Waals surface area (Å²) < 4.78 is 5.37. The lowest BCUT2D eigenvalue weighted by molar-refractivity contribution is 0.177. The van der Waals surface area contributed by atoms with E-state index in [0.717, 1.165) is 55.6 Å². The van der Waals surface area contributed by atoms with Crippen LogP contribution < -0.4 is 0 Å². The fourth-order valence-corrected chi connectivity index (χ4v) is 2.77. The lowest BCUT2D eigenvalue weighted by atomic mass is 9.97. The molecule has 2 aromatic heterocycles. The van der Waals surface area contributed by atoms with Crippen LogP contribution in [0.2, 0.25) is 0 Å². The first-order chi connectivity index (χ1) is 9.74. The minimum absolute atomic E-state index is 0.419. The van der Waals surface area contributed by atoms with E-state index in [1.165, 1.54) is 6.42 Å². The predicted octanol–water partition coefficient (Wildman–Crippen LogP) is 2.04. The molecule has 3 heterocycles. The van der Waals surface area contributed by atoms with E-state index in [4.69, 9.17) is 4.52 Å². The van der Waals surface area contributed by atoms with Crippen molar-refractivity contribution in [3.8, 4) is 0 Å². The lowest BCUT2D eigenvalue weighted by Gasteiger charge is -2.30. The molecule has 1 saturated heterocycles. The SMILES string of the molecule is CCc1cc(CN2CCCC(c3n[nH]c(C)n3)C2)on1. The summed E-state index contributed by atoms with van der Waals surface area (Å²) in [5.74, 6) is 3.20. The second-order valence-corrected chi connectivity index (χ2v) is 5.49. The topological polar surface area (TPSA) is 70.8 Å². The van der Waals surface area contributed by atoms with Crippen LogP contribution in [0, 0.1) is 6.92 Å². The highest BCUT2D eigenvalue weighted by Crippen LogP contribution is 2.25. The third kappa shape index (κ3) is 2.90. The molecular formula is C14H21N5O. The highest BCUT2D eigenvalue weighted by Gasteiger charge is 2.25. The van der Waals surface area contributed by atoms with E-state index in [9.17, 15) is 0 Å². The molecule has 1 aliphatic heterocycles. The lowest BCUT2D eigenvalue weighted by Crippen LogP contribution is -2.34. The van der Waals surface area contributed by atoms with Gasteiger partial charge < -0.3 is 4.52 Å². The number of H-pyrrole nitrogens is 1. The van der Waals surface area contributed by atoms with Crippen molar-refractivity contribution in [3.05, 3.63) is 29.2 Å². The number of rotatable bonds is 4. The molecule has 1 aliphatic rings. The highest BCUT2D eigenvalue weighted by molar-refractivity contribution is 5.06. The van der Waals surface area contributed by atoms with Crippen LogP contribution in [-0.2, 0) is 13.0 Å². The highest BCUT2D eigenvalue weighted by atomic mass is 16.5. The van der Waals surface area contributed by atoms with Crippen LogP contribution in [0.15, 0.2) is 10.6 Å². The molecule has 2 aromatic rings. The molecular weight excluding hydrogens is 254 g/mol. The number of aromatic nitrogens is 4. The Kier molecular flexibility index (Phi) is 3.82. The molecule has 1 N–H and O–H groups in total. The third-order valence-electron chi connectivity index (χ3n) is 3.83. The van der Waals surface area contributed by atoms with Gasteiger partial charge in [0.1, 0.15) is 5.82 Å². The zero-order valence-electron chi connectivity index (χ0n) is 12.1. The van der Waals surface area contributed by atoms with Gasteiger partial charge in [-0.05, 0) is 32.7 Å². The van der Waals surface area contributed by atoms with Gasteiger partial charge in [-0.25, -0.2) is 4.98 Å².